The van der Waals surface area contributed by atoms with E-state index in [0.29, 0.717) is 17.3 Å². The van der Waals surface area contributed by atoms with Gasteiger partial charge in [0.1, 0.15) is 10.7 Å². The van der Waals surface area contributed by atoms with Crippen LogP contribution < -0.4 is 20.3 Å². The average Bonchev–Trinajstić information content (AvgIpc) is 2.76. The van der Waals surface area contributed by atoms with Crippen LogP contribution in [0, 0.1) is 11.6 Å². The molecule has 34 heavy (non-hydrogen) atoms. The molecule has 1 heterocycles. The van der Waals surface area contributed by atoms with Crippen LogP contribution in [0.4, 0.5) is 31.8 Å². The van der Waals surface area contributed by atoms with E-state index < -0.39 is 32.5 Å². The first-order valence-corrected chi connectivity index (χ1v) is 11.8. The van der Waals surface area contributed by atoms with Gasteiger partial charge in [-0.2, -0.15) is 0 Å². The van der Waals surface area contributed by atoms with E-state index in [1.54, 1.807) is 18.2 Å². The Morgan fingerprint density at radius 2 is 1.74 bits per heavy atom. The first-order chi connectivity index (χ1) is 15.6. The number of nitrogens with zero attached hydrogens (tertiary/aromatic N) is 3. The predicted octanol–water partition coefficient (Wildman–Crippen LogP) is 4.68. The van der Waals surface area contributed by atoms with Gasteiger partial charge in [-0.3, -0.25) is 0 Å². The summed E-state index contributed by atoms with van der Waals surface area (Å²) < 4.78 is 54.9. The number of hydrogen-bond acceptors (Lipinski definition) is 7. The molecule has 0 bridgehead atoms. The summed E-state index contributed by atoms with van der Waals surface area (Å²) in [4.78, 5) is 8.24. The molecule has 14 heteroatoms. The fourth-order valence-electron chi connectivity index (χ4n) is 2.84. The molecule has 0 saturated heterocycles. The molecule has 0 saturated carbocycles. The first kappa shape index (κ1) is 27.8. The van der Waals surface area contributed by atoms with Crippen LogP contribution in [0.1, 0.15) is 0 Å². The molecule has 3 rings (SSSR count). The SMILES string of the molecule is CNCCN(C)c1cc(Cl)ccc1Nc1cc(F)c(S(=O)(=O)Nc2ncc(F)cn2)cc1Cl.Cl. The van der Waals surface area contributed by atoms with Crippen LogP contribution in [0.25, 0.3) is 0 Å². The molecule has 0 spiro atoms. The largest absolute Gasteiger partial charge is 0.372 e. The van der Waals surface area contributed by atoms with Crippen LogP contribution in [-0.4, -0.2) is 45.6 Å². The zero-order valence-electron chi connectivity index (χ0n) is 17.9. The Morgan fingerprint density at radius 1 is 1.06 bits per heavy atom. The molecule has 8 nitrogen and oxygen atoms in total. The molecule has 3 N–H and O–H groups in total. The molecule has 0 aliphatic carbocycles. The van der Waals surface area contributed by atoms with Gasteiger partial charge >= 0.3 is 0 Å². The van der Waals surface area contributed by atoms with Gasteiger partial charge in [0.15, 0.2) is 5.82 Å². The summed E-state index contributed by atoms with van der Waals surface area (Å²) in [6.45, 7) is 1.39. The molecule has 3 aromatic rings. The number of likely N-dealkylation sites (N-methyl/N-ethyl adjacent to an activating group) is 2. The maximum absolute atomic E-state index is 14.8. The number of benzene rings is 2. The number of nitrogens with one attached hydrogen (secondary N) is 3. The molecule has 0 unspecified atom stereocenters. The predicted molar refractivity (Wildman–Crippen MR) is 133 cm³/mol. The lowest BCUT2D eigenvalue weighted by Gasteiger charge is -2.23. The minimum atomic E-state index is -4.42. The highest BCUT2D eigenvalue weighted by molar-refractivity contribution is 7.92. The standard InChI is InChI=1S/C20H20Cl2F2N6O2S.ClH/c1-25-5-6-30(2)18-7-12(21)3-4-16(18)28-17-9-15(24)19(8-14(17)22)33(31,32)29-20-26-10-13(23)11-27-20;/h3-4,7-11,25,28H,5-6H2,1-2H3,(H,26,27,29);1H. The molecular formula is C20H21Cl3F2N6O2S. The van der Waals surface area contributed by atoms with Crippen molar-refractivity contribution >= 4 is 68.6 Å². The number of rotatable bonds is 9. The quantitative estimate of drug-likeness (QED) is 0.354. The van der Waals surface area contributed by atoms with Gasteiger partial charge in [0.05, 0.1) is 34.5 Å². The van der Waals surface area contributed by atoms with Crippen molar-refractivity contribution in [2.45, 2.75) is 4.90 Å². The smallest absolute Gasteiger partial charge is 0.267 e. The topological polar surface area (TPSA) is 99.2 Å². The highest BCUT2D eigenvalue weighted by Crippen LogP contribution is 2.35. The van der Waals surface area contributed by atoms with Crippen LogP contribution in [0.15, 0.2) is 47.6 Å². The molecular weight excluding hydrogens is 533 g/mol. The molecule has 2 aromatic carbocycles. The Labute approximate surface area is 212 Å². The van der Waals surface area contributed by atoms with Gasteiger partial charge in [-0.25, -0.2) is 31.9 Å². The van der Waals surface area contributed by atoms with E-state index in [9.17, 15) is 17.2 Å². The van der Waals surface area contributed by atoms with Gasteiger partial charge < -0.3 is 15.5 Å². The van der Waals surface area contributed by atoms with Crippen LogP contribution in [0.2, 0.25) is 10.0 Å². The summed E-state index contributed by atoms with van der Waals surface area (Å²) in [5.41, 5.74) is 1.48. The van der Waals surface area contributed by atoms with Crippen molar-refractivity contribution < 1.29 is 17.2 Å². The second kappa shape index (κ2) is 11.8. The third-order valence-corrected chi connectivity index (χ3v) is 6.39. The third-order valence-electron chi connectivity index (χ3n) is 4.49. The Balaban J connectivity index is 0.00000408. The molecule has 1 aromatic heterocycles. The van der Waals surface area contributed by atoms with Crippen molar-refractivity contribution in [2.24, 2.45) is 0 Å². The molecule has 0 atom stereocenters. The molecule has 0 aliphatic heterocycles. The monoisotopic (exact) mass is 552 g/mol. The lowest BCUT2D eigenvalue weighted by Crippen LogP contribution is -2.27. The summed E-state index contributed by atoms with van der Waals surface area (Å²) in [7, 11) is -0.720. The van der Waals surface area contributed by atoms with Crippen molar-refractivity contribution in [1.29, 1.82) is 0 Å². The minimum absolute atomic E-state index is 0. The summed E-state index contributed by atoms with van der Waals surface area (Å²) in [5, 5.41) is 6.55. The maximum Gasteiger partial charge on any atom is 0.267 e. The van der Waals surface area contributed by atoms with Gasteiger partial charge in [0.25, 0.3) is 10.0 Å². The van der Waals surface area contributed by atoms with Gasteiger partial charge in [0, 0.05) is 31.2 Å². The van der Waals surface area contributed by atoms with E-state index in [-0.39, 0.29) is 23.1 Å². The van der Waals surface area contributed by atoms with Crippen molar-refractivity contribution in [3.05, 3.63) is 64.4 Å². The van der Waals surface area contributed by atoms with Crippen molar-refractivity contribution in [3.63, 3.8) is 0 Å². The highest BCUT2D eigenvalue weighted by Gasteiger charge is 2.23. The average molecular weight is 554 g/mol. The van der Waals surface area contributed by atoms with E-state index in [2.05, 4.69) is 20.6 Å². The molecule has 0 aliphatic rings. The van der Waals surface area contributed by atoms with E-state index >= 15 is 0 Å². The van der Waals surface area contributed by atoms with Crippen LogP contribution >= 0.6 is 35.6 Å². The second-order valence-electron chi connectivity index (χ2n) is 6.90. The van der Waals surface area contributed by atoms with E-state index in [1.807, 2.05) is 23.7 Å². The van der Waals surface area contributed by atoms with Gasteiger partial charge in [-0.15, -0.1) is 12.4 Å². The second-order valence-corrected chi connectivity index (χ2v) is 9.40. The van der Waals surface area contributed by atoms with E-state index in [1.165, 1.54) is 0 Å². The van der Waals surface area contributed by atoms with Crippen LogP contribution in [-0.2, 0) is 10.0 Å². The summed E-state index contributed by atoms with van der Waals surface area (Å²) in [6.07, 6.45) is 1.55. The van der Waals surface area contributed by atoms with Crippen LogP contribution in [0.3, 0.4) is 0 Å². The highest BCUT2D eigenvalue weighted by atomic mass is 35.5. The fourth-order valence-corrected chi connectivity index (χ4v) is 4.33. The van der Waals surface area contributed by atoms with Gasteiger partial charge in [-0.05, 0) is 31.3 Å². The van der Waals surface area contributed by atoms with Gasteiger partial charge in [0.2, 0.25) is 5.95 Å². The third kappa shape index (κ3) is 6.80. The fraction of sp³-hybridized carbons (Fsp3) is 0.200. The van der Waals surface area contributed by atoms with E-state index in [4.69, 9.17) is 23.2 Å². The van der Waals surface area contributed by atoms with Gasteiger partial charge in [-0.1, -0.05) is 23.2 Å². The summed E-state index contributed by atoms with van der Waals surface area (Å²) in [6, 6.07) is 7.05. The van der Waals surface area contributed by atoms with E-state index in [0.717, 1.165) is 36.8 Å². The Bertz CT molecular complexity index is 1250. The molecule has 184 valence electrons. The summed E-state index contributed by atoms with van der Waals surface area (Å²) in [5.74, 6) is -2.22. The Kier molecular flexibility index (Phi) is 9.65. The van der Waals surface area contributed by atoms with Crippen molar-refractivity contribution in [3.8, 4) is 0 Å². The van der Waals surface area contributed by atoms with Crippen molar-refractivity contribution in [2.75, 3.05) is 42.1 Å². The molecule has 0 radical (unpaired) electrons. The minimum Gasteiger partial charge on any atom is -0.372 e. The Hall–Kier alpha value is -2.44. The number of aromatic nitrogens is 2. The maximum atomic E-state index is 14.8. The molecule has 0 amide bonds. The normalized spacial score (nSPS) is 11.0. The first-order valence-electron chi connectivity index (χ1n) is 9.52. The zero-order chi connectivity index (χ0) is 24.2. The molecule has 0 fully saturated rings. The number of hydrogen-bond donors (Lipinski definition) is 3. The number of halogens is 5. The lowest BCUT2D eigenvalue weighted by molar-refractivity contribution is 0.570. The lowest BCUT2D eigenvalue weighted by atomic mass is 10.2. The number of sulfonamides is 1. The van der Waals surface area contributed by atoms with Crippen molar-refractivity contribution in [1.82, 2.24) is 15.3 Å². The summed E-state index contributed by atoms with van der Waals surface area (Å²) >= 11 is 12.4. The Morgan fingerprint density at radius 3 is 2.38 bits per heavy atom. The number of anilines is 4. The zero-order valence-corrected chi connectivity index (χ0v) is 21.1. The van der Waals surface area contributed by atoms with Crippen LogP contribution in [0.5, 0.6) is 0 Å².